The molecule has 3 rings (SSSR count). The Balaban J connectivity index is 1.93. The Morgan fingerprint density at radius 2 is 2.04 bits per heavy atom. The number of ether oxygens (including phenoxy) is 2. The average Bonchev–Trinajstić information content (AvgIpc) is 3.08. The zero-order valence-electron chi connectivity index (χ0n) is 13.5. The number of thioether (sulfide) groups is 1. The molecule has 1 N–H and O–H groups in total. The van der Waals surface area contributed by atoms with Crippen LogP contribution in [0.2, 0.25) is 0 Å². The van der Waals surface area contributed by atoms with Gasteiger partial charge in [0, 0.05) is 5.75 Å². The van der Waals surface area contributed by atoms with Crippen LogP contribution >= 0.6 is 11.8 Å². The number of carbonyl (C=O) groups is 1. The zero-order chi connectivity index (χ0) is 16.3. The zero-order valence-corrected chi connectivity index (χ0v) is 14.4. The molecule has 0 amide bonds. The van der Waals surface area contributed by atoms with Crippen LogP contribution < -0.4 is 9.47 Å². The number of carboxylic acids is 1. The summed E-state index contributed by atoms with van der Waals surface area (Å²) in [6, 6.07) is 5.65. The SMILES string of the molecule is COc1ccc(C2(C(=O)O)CCCCC2)cc1OC1CCSC1. The summed E-state index contributed by atoms with van der Waals surface area (Å²) in [5.41, 5.74) is 0.0821. The molecule has 1 unspecified atom stereocenters. The molecule has 1 saturated carbocycles. The number of rotatable bonds is 5. The molecule has 4 nitrogen and oxygen atoms in total. The van der Waals surface area contributed by atoms with E-state index in [1.54, 1.807) is 7.11 Å². The largest absolute Gasteiger partial charge is 0.493 e. The molecule has 0 radical (unpaired) electrons. The van der Waals surface area contributed by atoms with E-state index in [2.05, 4.69) is 0 Å². The third-order valence-electron chi connectivity index (χ3n) is 5.01. The molecule has 0 aromatic heterocycles. The van der Waals surface area contributed by atoms with E-state index >= 15 is 0 Å². The lowest BCUT2D eigenvalue weighted by atomic mass is 9.69. The average molecular weight is 336 g/mol. The number of benzene rings is 1. The van der Waals surface area contributed by atoms with Crippen LogP contribution in [0, 0.1) is 0 Å². The second kappa shape index (κ2) is 7.04. The first kappa shape index (κ1) is 16.5. The molecular weight excluding hydrogens is 312 g/mol. The van der Waals surface area contributed by atoms with E-state index in [-0.39, 0.29) is 6.10 Å². The number of hydrogen-bond acceptors (Lipinski definition) is 4. The van der Waals surface area contributed by atoms with E-state index < -0.39 is 11.4 Å². The van der Waals surface area contributed by atoms with Crippen LogP contribution in [0.3, 0.4) is 0 Å². The van der Waals surface area contributed by atoms with E-state index in [0.717, 1.165) is 42.8 Å². The first-order chi connectivity index (χ1) is 11.2. The minimum atomic E-state index is -0.771. The Hall–Kier alpha value is -1.36. The summed E-state index contributed by atoms with van der Waals surface area (Å²) in [7, 11) is 1.62. The number of aliphatic carboxylic acids is 1. The van der Waals surface area contributed by atoms with Crippen LogP contribution in [-0.4, -0.2) is 35.8 Å². The van der Waals surface area contributed by atoms with Gasteiger partial charge in [0.25, 0.3) is 0 Å². The van der Waals surface area contributed by atoms with Crippen LogP contribution in [0.4, 0.5) is 0 Å². The normalized spacial score (nSPS) is 23.4. The van der Waals surface area contributed by atoms with Gasteiger partial charge in [-0.3, -0.25) is 4.79 Å². The molecule has 1 heterocycles. The molecule has 0 bridgehead atoms. The van der Waals surface area contributed by atoms with Gasteiger partial charge < -0.3 is 14.6 Å². The Morgan fingerprint density at radius 3 is 2.65 bits per heavy atom. The van der Waals surface area contributed by atoms with Gasteiger partial charge in [-0.2, -0.15) is 11.8 Å². The van der Waals surface area contributed by atoms with Gasteiger partial charge in [0.15, 0.2) is 11.5 Å². The second-order valence-electron chi connectivity index (χ2n) is 6.42. The molecule has 1 aliphatic carbocycles. The molecule has 126 valence electrons. The smallest absolute Gasteiger partial charge is 0.314 e. The molecule has 1 aliphatic heterocycles. The second-order valence-corrected chi connectivity index (χ2v) is 7.57. The van der Waals surface area contributed by atoms with Crippen molar-refractivity contribution >= 4 is 17.7 Å². The first-order valence-electron chi connectivity index (χ1n) is 8.32. The standard InChI is InChI=1S/C18H24O4S/c1-21-15-6-5-13(11-16(15)22-14-7-10-23-12-14)18(17(19)20)8-3-2-4-9-18/h5-6,11,14H,2-4,7-10,12H2,1H3,(H,19,20). The number of hydrogen-bond donors (Lipinski definition) is 1. The first-order valence-corrected chi connectivity index (χ1v) is 9.47. The van der Waals surface area contributed by atoms with E-state index in [1.165, 1.54) is 0 Å². The number of carboxylic acid groups (broad SMARTS) is 1. The van der Waals surface area contributed by atoms with Crippen molar-refractivity contribution in [2.75, 3.05) is 18.6 Å². The van der Waals surface area contributed by atoms with E-state index in [9.17, 15) is 9.90 Å². The lowest BCUT2D eigenvalue weighted by molar-refractivity contribution is -0.145. The summed E-state index contributed by atoms with van der Waals surface area (Å²) < 4.78 is 11.5. The van der Waals surface area contributed by atoms with Crippen LogP contribution in [0.25, 0.3) is 0 Å². The van der Waals surface area contributed by atoms with Gasteiger partial charge in [0.2, 0.25) is 0 Å². The fourth-order valence-corrected chi connectivity index (χ4v) is 4.73. The Labute approximate surface area is 141 Å². The highest BCUT2D eigenvalue weighted by molar-refractivity contribution is 7.99. The van der Waals surface area contributed by atoms with E-state index in [0.29, 0.717) is 24.3 Å². The van der Waals surface area contributed by atoms with Gasteiger partial charge in [-0.25, -0.2) is 0 Å². The minimum absolute atomic E-state index is 0.191. The maximum atomic E-state index is 12.0. The highest BCUT2D eigenvalue weighted by Crippen LogP contribution is 2.43. The fourth-order valence-electron chi connectivity index (χ4n) is 3.63. The van der Waals surface area contributed by atoms with E-state index in [1.807, 2.05) is 30.0 Å². The monoisotopic (exact) mass is 336 g/mol. The molecule has 0 spiro atoms. The molecule has 1 saturated heterocycles. The topological polar surface area (TPSA) is 55.8 Å². The van der Waals surface area contributed by atoms with Gasteiger partial charge in [0.1, 0.15) is 6.10 Å². The molecule has 5 heteroatoms. The maximum Gasteiger partial charge on any atom is 0.314 e. The van der Waals surface area contributed by atoms with Crippen molar-refractivity contribution in [2.24, 2.45) is 0 Å². The Kier molecular flexibility index (Phi) is 5.05. The van der Waals surface area contributed by atoms with Gasteiger partial charge in [0.05, 0.1) is 12.5 Å². The summed E-state index contributed by atoms with van der Waals surface area (Å²) in [6.45, 7) is 0. The molecule has 1 atom stereocenters. The van der Waals surface area contributed by atoms with Crippen LogP contribution in [0.5, 0.6) is 11.5 Å². The lowest BCUT2D eigenvalue weighted by Gasteiger charge is -2.34. The van der Waals surface area contributed by atoms with Crippen molar-refractivity contribution in [2.45, 2.75) is 50.0 Å². The summed E-state index contributed by atoms with van der Waals surface area (Å²) >= 11 is 1.89. The summed E-state index contributed by atoms with van der Waals surface area (Å²) in [5, 5.41) is 9.87. The van der Waals surface area contributed by atoms with Gasteiger partial charge in [-0.05, 0) is 42.7 Å². The van der Waals surface area contributed by atoms with Gasteiger partial charge >= 0.3 is 5.97 Å². The Morgan fingerprint density at radius 1 is 1.26 bits per heavy atom. The third-order valence-corrected chi connectivity index (χ3v) is 6.15. The van der Waals surface area contributed by atoms with Crippen molar-refractivity contribution in [3.05, 3.63) is 23.8 Å². The quantitative estimate of drug-likeness (QED) is 0.885. The number of methoxy groups -OCH3 is 1. The predicted molar refractivity (Wildman–Crippen MR) is 91.8 cm³/mol. The van der Waals surface area contributed by atoms with E-state index in [4.69, 9.17) is 9.47 Å². The molecule has 23 heavy (non-hydrogen) atoms. The minimum Gasteiger partial charge on any atom is -0.493 e. The summed E-state index contributed by atoms with van der Waals surface area (Å²) in [4.78, 5) is 12.0. The van der Waals surface area contributed by atoms with Crippen molar-refractivity contribution in [1.82, 2.24) is 0 Å². The third kappa shape index (κ3) is 3.30. The predicted octanol–water partition coefficient (Wildman–Crippen LogP) is 3.87. The van der Waals surface area contributed by atoms with Crippen molar-refractivity contribution in [1.29, 1.82) is 0 Å². The Bertz CT molecular complexity index is 560. The highest BCUT2D eigenvalue weighted by atomic mass is 32.2. The van der Waals surface area contributed by atoms with Crippen molar-refractivity contribution < 1.29 is 19.4 Å². The highest BCUT2D eigenvalue weighted by Gasteiger charge is 2.41. The fraction of sp³-hybridized carbons (Fsp3) is 0.611. The van der Waals surface area contributed by atoms with Gasteiger partial charge in [-0.1, -0.05) is 25.3 Å². The molecule has 1 aromatic carbocycles. The molecule has 1 aromatic rings. The lowest BCUT2D eigenvalue weighted by Crippen LogP contribution is -2.37. The maximum absolute atomic E-state index is 12.0. The summed E-state index contributed by atoms with van der Waals surface area (Å²) in [6.07, 6.45) is 5.68. The van der Waals surface area contributed by atoms with Crippen molar-refractivity contribution in [3.8, 4) is 11.5 Å². The molecule has 2 fully saturated rings. The van der Waals surface area contributed by atoms with Crippen LogP contribution in [0.1, 0.15) is 44.1 Å². The van der Waals surface area contributed by atoms with Gasteiger partial charge in [-0.15, -0.1) is 0 Å². The van der Waals surface area contributed by atoms with Crippen molar-refractivity contribution in [3.63, 3.8) is 0 Å². The molecular formula is C18H24O4S. The van der Waals surface area contributed by atoms with Crippen LogP contribution in [-0.2, 0) is 10.2 Å². The summed E-state index contributed by atoms with van der Waals surface area (Å²) in [5.74, 6) is 2.75. The van der Waals surface area contributed by atoms with Crippen LogP contribution in [0.15, 0.2) is 18.2 Å². The molecule has 2 aliphatic rings.